The maximum atomic E-state index is 14.2. The topological polar surface area (TPSA) is 175 Å². The summed E-state index contributed by atoms with van der Waals surface area (Å²) in [6.45, 7) is 4.91. The molecule has 0 saturated carbocycles. The number of hydrogen-bond acceptors (Lipinski definition) is 10. The van der Waals surface area contributed by atoms with Crippen molar-refractivity contribution in [2.75, 3.05) is 32.3 Å². The number of rotatable bonds is 12. The van der Waals surface area contributed by atoms with Crippen molar-refractivity contribution in [3.63, 3.8) is 0 Å². The van der Waals surface area contributed by atoms with Crippen molar-refractivity contribution in [3.05, 3.63) is 52.5 Å². The van der Waals surface area contributed by atoms with Gasteiger partial charge in [-0.1, -0.05) is 37.6 Å². The van der Waals surface area contributed by atoms with Crippen LogP contribution >= 0.6 is 11.6 Å². The van der Waals surface area contributed by atoms with Crippen LogP contribution in [0.2, 0.25) is 5.02 Å². The molecule has 3 amide bonds. The Balaban J connectivity index is 2.14. The average Bonchev–Trinajstić information content (AvgIpc) is 3.08. The molecule has 2 aromatic carbocycles. The number of para-hydroxylation sites is 1. The molecule has 14 heteroatoms. The van der Waals surface area contributed by atoms with Crippen molar-refractivity contribution in [1.82, 2.24) is 5.01 Å². The number of nitrogens with zero attached hydrogens (tertiary/aromatic N) is 2. The van der Waals surface area contributed by atoms with Gasteiger partial charge in [0.1, 0.15) is 12.2 Å². The van der Waals surface area contributed by atoms with Gasteiger partial charge in [-0.2, -0.15) is 0 Å². The van der Waals surface area contributed by atoms with Crippen molar-refractivity contribution in [3.8, 4) is 11.5 Å². The Morgan fingerprint density at radius 2 is 1.77 bits per heavy atom. The number of anilines is 1. The van der Waals surface area contributed by atoms with E-state index in [0.717, 1.165) is 0 Å². The Labute approximate surface area is 259 Å². The van der Waals surface area contributed by atoms with E-state index in [-0.39, 0.29) is 13.2 Å². The molecular weight excluding hydrogens is 598 g/mol. The summed E-state index contributed by atoms with van der Waals surface area (Å²) in [6.07, 6.45) is -4.19. The van der Waals surface area contributed by atoms with Crippen LogP contribution in [0.3, 0.4) is 0 Å². The lowest BCUT2D eigenvalue weighted by Gasteiger charge is -2.33. The molecule has 3 rings (SSSR count). The lowest BCUT2D eigenvalue weighted by molar-refractivity contribution is -0.152. The smallest absolute Gasteiger partial charge is 0.303 e. The third kappa shape index (κ3) is 8.24. The number of benzene rings is 2. The Morgan fingerprint density at radius 1 is 1.07 bits per heavy atom. The largest absolute Gasteiger partial charge is 0.493 e. The number of halogens is 1. The zero-order chi connectivity index (χ0) is 32.8. The van der Waals surface area contributed by atoms with Crippen LogP contribution in [-0.4, -0.2) is 73.3 Å². The Kier molecular flexibility index (Phi) is 11.3. The molecule has 1 aliphatic heterocycles. The molecule has 1 aliphatic rings. The van der Waals surface area contributed by atoms with Crippen molar-refractivity contribution in [2.45, 2.75) is 52.2 Å². The third-order valence-electron chi connectivity index (χ3n) is 6.82. The SMILES string of the molecule is COc1cccc([C@H]2O[C@H](CC(=O)N(N)C(=O)CCC(=O)O)C(=O)N(CC(C)(C)COC(C)=O)c3ccc(Cl)cc32)c1OC. The van der Waals surface area contributed by atoms with Gasteiger partial charge >= 0.3 is 11.9 Å². The molecule has 13 nitrogen and oxygen atoms in total. The molecular formula is C30H36ClN3O10. The van der Waals surface area contributed by atoms with E-state index in [0.29, 0.717) is 38.3 Å². The molecule has 0 aliphatic carbocycles. The van der Waals surface area contributed by atoms with Gasteiger partial charge in [0.05, 0.1) is 33.7 Å². The highest BCUT2D eigenvalue weighted by Gasteiger charge is 2.41. The van der Waals surface area contributed by atoms with E-state index in [2.05, 4.69) is 0 Å². The van der Waals surface area contributed by atoms with Crippen molar-refractivity contribution >= 4 is 46.9 Å². The highest BCUT2D eigenvalue weighted by Crippen LogP contribution is 2.45. The number of hydrogen-bond donors (Lipinski definition) is 2. The van der Waals surface area contributed by atoms with Gasteiger partial charge in [0.25, 0.3) is 5.91 Å². The van der Waals surface area contributed by atoms with Crippen molar-refractivity contribution in [1.29, 1.82) is 0 Å². The first-order chi connectivity index (χ1) is 20.7. The molecule has 0 fully saturated rings. The van der Waals surface area contributed by atoms with Gasteiger partial charge in [-0.05, 0) is 24.3 Å². The van der Waals surface area contributed by atoms with E-state index in [1.54, 1.807) is 50.2 Å². The molecule has 1 heterocycles. The van der Waals surface area contributed by atoms with Crippen molar-refractivity contribution in [2.24, 2.45) is 11.3 Å². The maximum Gasteiger partial charge on any atom is 0.303 e. The van der Waals surface area contributed by atoms with Crippen molar-refractivity contribution < 1.29 is 48.0 Å². The van der Waals surface area contributed by atoms with Gasteiger partial charge in [0, 0.05) is 47.1 Å². The number of fused-ring (bicyclic) bond motifs is 1. The molecule has 0 unspecified atom stereocenters. The van der Waals surface area contributed by atoms with Crippen LogP contribution in [0.1, 0.15) is 57.3 Å². The molecule has 0 saturated heterocycles. The molecule has 3 N–H and O–H groups in total. The van der Waals surface area contributed by atoms with E-state index in [1.807, 2.05) is 0 Å². The van der Waals surface area contributed by atoms with E-state index in [1.165, 1.54) is 26.0 Å². The van der Waals surface area contributed by atoms with Gasteiger partial charge in [-0.15, -0.1) is 0 Å². The van der Waals surface area contributed by atoms with Crippen LogP contribution in [0.25, 0.3) is 0 Å². The number of aliphatic carboxylic acids is 1. The first-order valence-electron chi connectivity index (χ1n) is 13.6. The molecule has 0 spiro atoms. The lowest BCUT2D eigenvalue weighted by atomic mass is 9.92. The molecule has 2 atom stereocenters. The standard InChI is InChI=1S/C30H36ClN3O10/c1-17(35)43-16-30(2,3)15-33-21-10-9-18(31)13-20(21)27(19-7-6-8-22(41-4)28(19)42-5)44-23(29(33)40)14-25(37)34(32)24(36)11-12-26(38)39/h6-10,13,23,27H,11-12,14-16,32H2,1-5H3,(H,38,39)/t23-,27-/m1/s1. The number of carboxylic acids is 1. The lowest BCUT2D eigenvalue weighted by Crippen LogP contribution is -2.49. The third-order valence-corrected chi connectivity index (χ3v) is 7.06. The molecule has 2 aromatic rings. The summed E-state index contributed by atoms with van der Waals surface area (Å²) in [6, 6.07) is 9.99. The fourth-order valence-electron chi connectivity index (χ4n) is 4.73. The molecule has 0 radical (unpaired) electrons. The minimum Gasteiger partial charge on any atom is -0.493 e. The zero-order valence-corrected chi connectivity index (χ0v) is 25.9. The number of carboxylic acid groups (broad SMARTS) is 1. The van der Waals surface area contributed by atoms with Gasteiger partial charge in [0.2, 0.25) is 11.8 Å². The molecule has 0 aromatic heterocycles. The van der Waals surface area contributed by atoms with Crippen LogP contribution in [-0.2, 0) is 33.4 Å². The summed E-state index contributed by atoms with van der Waals surface area (Å²) in [4.78, 5) is 63.7. The molecule has 44 heavy (non-hydrogen) atoms. The second kappa shape index (κ2) is 14.5. The van der Waals surface area contributed by atoms with Gasteiger partial charge in [-0.25, -0.2) is 10.9 Å². The Bertz CT molecular complexity index is 1430. The van der Waals surface area contributed by atoms with Crippen LogP contribution in [0.4, 0.5) is 5.69 Å². The van der Waals surface area contributed by atoms with E-state index < -0.39 is 66.5 Å². The predicted octanol–water partition coefficient (Wildman–Crippen LogP) is 3.25. The Hall–Kier alpha value is -4.20. The van der Waals surface area contributed by atoms with E-state index in [9.17, 15) is 24.0 Å². The van der Waals surface area contributed by atoms with E-state index in [4.69, 9.17) is 41.5 Å². The first kappa shape index (κ1) is 34.3. The zero-order valence-electron chi connectivity index (χ0n) is 25.1. The number of methoxy groups -OCH3 is 2. The predicted molar refractivity (Wildman–Crippen MR) is 158 cm³/mol. The highest BCUT2D eigenvalue weighted by molar-refractivity contribution is 6.30. The maximum absolute atomic E-state index is 14.2. The van der Waals surface area contributed by atoms with Crippen LogP contribution in [0.15, 0.2) is 36.4 Å². The Morgan fingerprint density at radius 3 is 2.39 bits per heavy atom. The first-order valence-corrected chi connectivity index (χ1v) is 14.0. The van der Waals surface area contributed by atoms with Crippen LogP contribution < -0.4 is 20.2 Å². The monoisotopic (exact) mass is 633 g/mol. The minimum absolute atomic E-state index is 0.0126. The van der Waals surface area contributed by atoms with Crippen LogP contribution in [0, 0.1) is 5.41 Å². The fourth-order valence-corrected chi connectivity index (χ4v) is 4.91. The van der Waals surface area contributed by atoms with Gasteiger partial charge in [-0.3, -0.25) is 24.0 Å². The second-order valence-electron chi connectivity index (χ2n) is 10.9. The number of hydrazine groups is 1. The normalized spacial score (nSPS) is 16.4. The number of carbonyl (C=O) groups excluding carboxylic acids is 4. The number of imide groups is 1. The summed E-state index contributed by atoms with van der Waals surface area (Å²) >= 11 is 6.44. The summed E-state index contributed by atoms with van der Waals surface area (Å²) in [7, 11) is 2.91. The quantitative estimate of drug-likeness (QED) is 0.152. The molecule has 0 bridgehead atoms. The summed E-state index contributed by atoms with van der Waals surface area (Å²) in [5.41, 5.74) is 0.594. The number of esters is 1. The summed E-state index contributed by atoms with van der Waals surface area (Å²) in [5.74, 6) is 2.20. The number of carbonyl (C=O) groups is 5. The number of ether oxygens (including phenoxy) is 4. The number of amides is 3. The fraction of sp³-hybridized carbons (Fsp3) is 0.433. The van der Waals surface area contributed by atoms with Crippen LogP contribution in [0.5, 0.6) is 11.5 Å². The van der Waals surface area contributed by atoms with Gasteiger partial charge < -0.3 is 29.0 Å². The minimum atomic E-state index is -1.47. The average molecular weight is 634 g/mol. The highest BCUT2D eigenvalue weighted by atomic mass is 35.5. The molecule has 238 valence electrons. The summed E-state index contributed by atoms with van der Waals surface area (Å²) < 4.78 is 22.8. The number of nitrogens with two attached hydrogens (primary N) is 1. The summed E-state index contributed by atoms with van der Waals surface area (Å²) in [5, 5.41) is 9.54. The second-order valence-corrected chi connectivity index (χ2v) is 11.4. The van der Waals surface area contributed by atoms with E-state index >= 15 is 0 Å². The van der Waals surface area contributed by atoms with Gasteiger partial charge in [0.15, 0.2) is 11.5 Å².